The molecule has 0 atom stereocenters. The number of nitrogens with two attached hydrogens (primary N) is 1. The van der Waals surface area contributed by atoms with Crippen molar-refractivity contribution in [2.75, 3.05) is 5.32 Å². The summed E-state index contributed by atoms with van der Waals surface area (Å²) in [5.74, 6) is -1.19. The highest BCUT2D eigenvalue weighted by molar-refractivity contribution is 7.15. The molecule has 0 bridgehead atoms. The number of carbonyl (C=O) groups is 2. The van der Waals surface area contributed by atoms with Crippen LogP contribution in [0.5, 0.6) is 0 Å². The first kappa shape index (κ1) is 23.7. The zero-order valence-corrected chi connectivity index (χ0v) is 19.0. The molecule has 4 aromatic rings. The lowest BCUT2D eigenvalue weighted by Gasteiger charge is -2.36. The van der Waals surface area contributed by atoms with Crippen LogP contribution in [-0.2, 0) is 21.5 Å². The van der Waals surface area contributed by atoms with Gasteiger partial charge in [-0.25, -0.2) is 4.98 Å². The molecule has 0 aliphatic rings. The van der Waals surface area contributed by atoms with Crippen LogP contribution in [0.1, 0.15) is 28.5 Å². The third-order valence-corrected chi connectivity index (χ3v) is 5.71. The summed E-state index contributed by atoms with van der Waals surface area (Å²) in [4.78, 5) is 25.5. The Morgan fingerprint density at radius 3 is 1.64 bits per heavy atom. The van der Waals surface area contributed by atoms with Gasteiger partial charge in [0.1, 0.15) is 5.54 Å². The predicted molar refractivity (Wildman–Crippen MR) is 131 cm³/mol. The maximum Gasteiger partial charge on any atom is 0.308 e. The maximum atomic E-state index is 11.1. The molecule has 0 spiro atoms. The van der Waals surface area contributed by atoms with Gasteiger partial charge in [0, 0.05) is 18.0 Å². The first-order chi connectivity index (χ1) is 15.9. The van der Waals surface area contributed by atoms with Gasteiger partial charge in [0.15, 0.2) is 5.13 Å². The van der Waals surface area contributed by atoms with Crippen LogP contribution in [0.15, 0.2) is 97.2 Å². The van der Waals surface area contributed by atoms with E-state index < -0.39 is 11.5 Å². The number of rotatable bonds is 7. The van der Waals surface area contributed by atoms with Gasteiger partial charge in [0.25, 0.3) is 0 Å². The molecule has 0 aliphatic carbocycles. The number of nitrogens with one attached hydrogen (secondary N) is 1. The number of carboxylic acids is 1. The van der Waals surface area contributed by atoms with Crippen LogP contribution >= 0.6 is 11.3 Å². The number of carbonyl (C=O) groups excluding carboxylic acids is 1. The van der Waals surface area contributed by atoms with Crippen LogP contribution in [0.2, 0.25) is 0 Å². The van der Waals surface area contributed by atoms with Crippen LogP contribution < -0.4 is 11.1 Å². The Bertz CT molecular complexity index is 1080. The van der Waals surface area contributed by atoms with Crippen molar-refractivity contribution in [2.45, 2.75) is 18.9 Å². The molecule has 0 radical (unpaired) electrons. The van der Waals surface area contributed by atoms with E-state index in [1.54, 1.807) is 6.20 Å². The molecule has 1 amide bonds. The Morgan fingerprint density at radius 1 is 0.879 bits per heavy atom. The van der Waals surface area contributed by atoms with Crippen molar-refractivity contribution in [3.8, 4) is 0 Å². The number of hydrogen-bond acceptors (Lipinski definition) is 5. The van der Waals surface area contributed by atoms with Crippen molar-refractivity contribution in [1.82, 2.24) is 4.98 Å². The fraction of sp³-hybridized carbons (Fsp3) is 0.115. The number of hydrogen-bond donors (Lipinski definition) is 3. The Kier molecular flexibility index (Phi) is 7.94. The van der Waals surface area contributed by atoms with Crippen LogP contribution in [0.3, 0.4) is 0 Å². The zero-order valence-electron chi connectivity index (χ0n) is 18.1. The van der Waals surface area contributed by atoms with E-state index in [9.17, 15) is 9.59 Å². The third-order valence-electron chi connectivity index (χ3n) is 4.79. The van der Waals surface area contributed by atoms with Gasteiger partial charge in [-0.1, -0.05) is 91.0 Å². The lowest BCUT2D eigenvalue weighted by molar-refractivity contribution is -0.136. The molecule has 4 rings (SSSR count). The summed E-state index contributed by atoms with van der Waals surface area (Å²) in [7, 11) is 0. The molecule has 1 aromatic heterocycles. The highest BCUT2D eigenvalue weighted by atomic mass is 32.1. The normalized spacial score (nSPS) is 10.6. The van der Waals surface area contributed by atoms with E-state index in [4.69, 9.17) is 5.11 Å². The monoisotopic (exact) mass is 459 g/mol. The summed E-state index contributed by atoms with van der Waals surface area (Å²) in [6.45, 7) is 1.31. The predicted octanol–water partition coefficient (Wildman–Crippen LogP) is 4.67. The van der Waals surface area contributed by atoms with Crippen LogP contribution in [0, 0.1) is 0 Å². The van der Waals surface area contributed by atoms with E-state index in [1.807, 2.05) is 54.6 Å². The maximum absolute atomic E-state index is 11.1. The average molecular weight is 460 g/mol. The quantitative estimate of drug-likeness (QED) is 0.349. The number of benzene rings is 3. The van der Waals surface area contributed by atoms with Crippen molar-refractivity contribution in [3.05, 3.63) is 119 Å². The first-order valence-corrected chi connectivity index (χ1v) is 11.1. The second kappa shape index (κ2) is 11.1. The lowest BCUT2D eigenvalue weighted by atomic mass is 9.77. The summed E-state index contributed by atoms with van der Waals surface area (Å²) in [5, 5.41) is 13.4. The van der Waals surface area contributed by atoms with Gasteiger partial charge < -0.3 is 16.2 Å². The highest BCUT2D eigenvalue weighted by Crippen LogP contribution is 2.40. The van der Waals surface area contributed by atoms with Crippen molar-refractivity contribution < 1.29 is 14.7 Å². The molecule has 1 heterocycles. The van der Waals surface area contributed by atoms with Gasteiger partial charge >= 0.3 is 5.97 Å². The smallest absolute Gasteiger partial charge is 0.308 e. The van der Waals surface area contributed by atoms with E-state index in [0.29, 0.717) is 10.0 Å². The topological polar surface area (TPSA) is 105 Å². The second-order valence-electron chi connectivity index (χ2n) is 7.29. The van der Waals surface area contributed by atoms with Crippen LogP contribution in [-0.4, -0.2) is 22.0 Å². The van der Waals surface area contributed by atoms with Gasteiger partial charge in [0.05, 0.1) is 6.42 Å². The fourth-order valence-corrected chi connectivity index (χ4v) is 4.40. The molecular formula is C26H25N3O3S. The van der Waals surface area contributed by atoms with Crippen molar-refractivity contribution in [2.24, 2.45) is 5.73 Å². The molecule has 0 saturated heterocycles. The molecule has 33 heavy (non-hydrogen) atoms. The summed E-state index contributed by atoms with van der Waals surface area (Å²) < 4.78 is 0. The average Bonchev–Trinajstić information content (AvgIpc) is 3.25. The molecule has 0 fully saturated rings. The second-order valence-corrected chi connectivity index (χ2v) is 8.40. The Hall–Kier alpha value is -3.97. The van der Waals surface area contributed by atoms with Crippen molar-refractivity contribution >= 4 is 28.3 Å². The molecule has 6 nitrogen and oxygen atoms in total. The molecule has 4 N–H and O–H groups in total. The van der Waals surface area contributed by atoms with Crippen molar-refractivity contribution in [3.63, 3.8) is 0 Å². The van der Waals surface area contributed by atoms with Crippen LogP contribution in [0.4, 0.5) is 5.13 Å². The minimum absolute atomic E-state index is 0.0334. The lowest BCUT2D eigenvalue weighted by Crippen LogP contribution is -2.38. The molecule has 0 saturated carbocycles. The molecule has 3 aromatic carbocycles. The van der Waals surface area contributed by atoms with Crippen LogP contribution in [0.25, 0.3) is 0 Å². The summed E-state index contributed by atoms with van der Waals surface area (Å²) in [6, 6.07) is 30.7. The van der Waals surface area contributed by atoms with E-state index >= 15 is 0 Å². The standard InChI is InChI=1S/C24H20N2O2S.C2H5NO/c27-22(28)16-21-17-25-23(29-21)26-24(18-10-4-1-5-11-18,19-12-6-2-7-13-19)20-14-8-3-9-15-20;1-2(3)4/h1-15,17H,16H2,(H,25,26)(H,27,28);1H3,(H2,3,4). The number of primary amides is 1. The largest absolute Gasteiger partial charge is 0.481 e. The SMILES string of the molecule is CC(N)=O.O=C(O)Cc1cnc(NC(c2ccccc2)(c2ccccc2)c2ccccc2)s1. The zero-order chi connectivity index (χ0) is 23.7. The molecule has 168 valence electrons. The third kappa shape index (κ3) is 6.05. The summed E-state index contributed by atoms with van der Waals surface area (Å²) >= 11 is 1.37. The Morgan fingerprint density at radius 2 is 1.27 bits per heavy atom. The summed E-state index contributed by atoms with van der Waals surface area (Å²) in [6.07, 6.45) is 1.60. The Balaban J connectivity index is 0.000000709. The van der Waals surface area contributed by atoms with E-state index in [2.05, 4.69) is 52.4 Å². The number of anilines is 1. The number of carboxylic acid groups (broad SMARTS) is 1. The molecular weight excluding hydrogens is 434 g/mol. The van der Waals surface area contributed by atoms with Gasteiger partial charge in [-0.3, -0.25) is 9.59 Å². The molecule has 0 aliphatic heterocycles. The molecule has 0 unspecified atom stereocenters. The minimum Gasteiger partial charge on any atom is -0.481 e. The first-order valence-electron chi connectivity index (χ1n) is 10.3. The van der Waals surface area contributed by atoms with E-state index in [-0.39, 0.29) is 12.3 Å². The summed E-state index contributed by atoms with van der Waals surface area (Å²) in [5.41, 5.74) is 7.04. The van der Waals surface area contributed by atoms with Crippen molar-refractivity contribution in [1.29, 1.82) is 0 Å². The highest BCUT2D eigenvalue weighted by Gasteiger charge is 2.37. The number of aromatic nitrogens is 1. The van der Waals surface area contributed by atoms with Gasteiger partial charge in [-0.15, -0.1) is 11.3 Å². The van der Waals surface area contributed by atoms with Gasteiger partial charge in [-0.2, -0.15) is 0 Å². The number of thiazole rings is 1. The van der Waals surface area contributed by atoms with E-state index in [0.717, 1.165) is 16.7 Å². The Labute approximate surface area is 196 Å². The van der Waals surface area contributed by atoms with E-state index in [1.165, 1.54) is 18.3 Å². The number of nitrogens with zero attached hydrogens (tertiary/aromatic N) is 1. The van der Waals surface area contributed by atoms with Gasteiger partial charge in [0.2, 0.25) is 5.91 Å². The number of aliphatic carboxylic acids is 1. The minimum atomic E-state index is -0.861. The molecule has 7 heteroatoms. The fourth-order valence-electron chi connectivity index (χ4n) is 3.54. The van der Waals surface area contributed by atoms with Gasteiger partial charge in [-0.05, 0) is 16.7 Å². The number of amides is 1.